The van der Waals surface area contributed by atoms with Gasteiger partial charge in [-0.15, -0.1) is 0 Å². The predicted octanol–water partition coefficient (Wildman–Crippen LogP) is 3.89. The molecule has 3 aromatic carbocycles. The first-order valence-corrected chi connectivity index (χ1v) is 9.10. The van der Waals surface area contributed by atoms with Crippen LogP contribution in [0.25, 0.3) is 21.7 Å². The Balaban J connectivity index is 1.45. The molecule has 146 valence electrons. The number of hydrogen-bond acceptors (Lipinski definition) is 5. The molecule has 0 aliphatic rings. The lowest BCUT2D eigenvalue weighted by Gasteiger charge is -2.12. The lowest BCUT2D eigenvalue weighted by atomic mass is 10.0. The standard InChI is InChI=1S/C22H18N2O5/c25-19(15-5-8-17(9-6-15)24(27)28)12-23-21(26)11-16-13-29-20-10-7-14-3-1-2-4-18(14)22(16)20/h1-10,13,19,25H,11-12H2,(H,23,26)/t19-/m1/s1. The molecule has 2 N–H and O–H groups in total. The summed E-state index contributed by atoms with van der Waals surface area (Å²) in [5.41, 5.74) is 1.94. The lowest BCUT2D eigenvalue weighted by Crippen LogP contribution is -2.29. The Morgan fingerprint density at radius 3 is 2.62 bits per heavy atom. The van der Waals surface area contributed by atoms with Crippen molar-refractivity contribution >= 4 is 33.3 Å². The van der Waals surface area contributed by atoms with Crippen molar-refractivity contribution in [2.75, 3.05) is 6.54 Å². The van der Waals surface area contributed by atoms with Gasteiger partial charge in [0.2, 0.25) is 5.91 Å². The summed E-state index contributed by atoms with van der Waals surface area (Å²) < 4.78 is 5.60. The molecule has 1 heterocycles. The van der Waals surface area contributed by atoms with E-state index in [4.69, 9.17) is 4.42 Å². The minimum Gasteiger partial charge on any atom is -0.464 e. The average molecular weight is 390 g/mol. The second-order valence-electron chi connectivity index (χ2n) is 6.77. The fraction of sp³-hybridized carbons (Fsp3) is 0.136. The molecule has 0 saturated heterocycles. The van der Waals surface area contributed by atoms with Gasteiger partial charge < -0.3 is 14.8 Å². The Hall–Kier alpha value is -3.71. The van der Waals surface area contributed by atoms with Crippen LogP contribution >= 0.6 is 0 Å². The number of carbonyl (C=O) groups is 1. The summed E-state index contributed by atoms with van der Waals surface area (Å²) in [5, 5.41) is 26.6. The maximum Gasteiger partial charge on any atom is 0.269 e. The van der Waals surface area contributed by atoms with Crippen LogP contribution in [0.3, 0.4) is 0 Å². The number of furan rings is 1. The van der Waals surface area contributed by atoms with Gasteiger partial charge in [-0.3, -0.25) is 14.9 Å². The molecule has 1 aromatic heterocycles. The smallest absolute Gasteiger partial charge is 0.269 e. The van der Waals surface area contributed by atoms with E-state index in [0.29, 0.717) is 5.56 Å². The third kappa shape index (κ3) is 3.81. The van der Waals surface area contributed by atoms with E-state index in [9.17, 15) is 20.0 Å². The molecule has 7 nitrogen and oxygen atoms in total. The third-order valence-corrected chi connectivity index (χ3v) is 4.87. The zero-order valence-electron chi connectivity index (χ0n) is 15.4. The van der Waals surface area contributed by atoms with Crippen molar-refractivity contribution < 1.29 is 19.2 Å². The minimum absolute atomic E-state index is 0.00712. The molecule has 0 bridgehead atoms. The molecule has 4 aromatic rings. The van der Waals surface area contributed by atoms with E-state index in [1.807, 2.05) is 36.4 Å². The van der Waals surface area contributed by atoms with Gasteiger partial charge in [0.25, 0.3) is 5.69 Å². The quantitative estimate of drug-likeness (QED) is 0.384. The molecule has 0 aliphatic heterocycles. The van der Waals surface area contributed by atoms with Crippen LogP contribution < -0.4 is 5.32 Å². The van der Waals surface area contributed by atoms with Crippen molar-refractivity contribution in [3.63, 3.8) is 0 Å². The molecular formula is C22H18N2O5. The number of nitro benzene ring substituents is 1. The summed E-state index contributed by atoms with van der Waals surface area (Å²) in [7, 11) is 0. The number of nitrogens with zero attached hydrogens (tertiary/aromatic N) is 1. The summed E-state index contributed by atoms with van der Waals surface area (Å²) in [5.74, 6) is -0.249. The fourth-order valence-electron chi connectivity index (χ4n) is 3.39. The maximum absolute atomic E-state index is 12.4. The zero-order chi connectivity index (χ0) is 20.4. The second kappa shape index (κ2) is 7.73. The SMILES string of the molecule is O=C(Cc1coc2ccc3ccccc3c12)NC[C@@H](O)c1ccc([N+](=O)[O-])cc1. The van der Waals surface area contributed by atoms with Gasteiger partial charge in [0.15, 0.2) is 0 Å². The van der Waals surface area contributed by atoms with Gasteiger partial charge >= 0.3 is 0 Å². The highest BCUT2D eigenvalue weighted by Gasteiger charge is 2.15. The van der Waals surface area contributed by atoms with Crippen LogP contribution in [0.4, 0.5) is 5.69 Å². The third-order valence-electron chi connectivity index (χ3n) is 4.87. The Kier molecular flexibility index (Phi) is 4.97. The number of fused-ring (bicyclic) bond motifs is 3. The maximum atomic E-state index is 12.4. The molecule has 29 heavy (non-hydrogen) atoms. The Labute approximate surface area is 165 Å². The largest absolute Gasteiger partial charge is 0.464 e. The van der Waals surface area contributed by atoms with E-state index in [1.54, 1.807) is 6.26 Å². The number of nitro groups is 1. The summed E-state index contributed by atoms with van der Waals surface area (Å²) in [6.07, 6.45) is 0.749. The van der Waals surface area contributed by atoms with Crippen molar-refractivity contribution in [1.29, 1.82) is 0 Å². The van der Waals surface area contributed by atoms with Crippen LogP contribution in [0.15, 0.2) is 71.3 Å². The first kappa shape index (κ1) is 18.6. The highest BCUT2D eigenvalue weighted by atomic mass is 16.6. The van der Waals surface area contributed by atoms with Crippen LogP contribution in [0.1, 0.15) is 17.2 Å². The second-order valence-corrected chi connectivity index (χ2v) is 6.77. The van der Waals surface area contributed by atoms with Gasteiger partial charge in [-0.1, -0.05) is 30.3 Å². The molecule has 0 aliphatic carbocycles. The zero-order valence-corrected chi connectivity index (χ0v) is 15.4. The molecule has 7 heteroatoms. The number of carbonyl (C=O) groups excluding carboxylic acids is 1. The number of aliphatic hydroxyl groups is 1. The predicted molar refractivity (Wildman–Crippen MR) is 108 cm³/mol. The van der Waals surface area contributed by atoms with Crippen LogP contribution in [0, 0.1) is 10.1 Å². The van der Waals surface area contributed by atoms with Crippen molar-refractivity contribution in [2.45, 2.75) is 12.5 Å². The van der Waals surface area contributed by atoms with Gasteiger partial charge in [-0.05, 0) is 34.5 Å². The van der Waals surface area contributed by atoms with E-state index >= 15 is 0 Å². The Morgan fingerprint density at radius 1 is 1.10 bits per heavy atom. The van der Waals surface area contributed by atoms with Crippen LogP contribution in [-0.2, 0) is 11.2 Å². The molecule has 0 spiro atoms. The van der Waals surface area contributed by atoms with E-state index < -0.39 is 11.0 Å². The summed E-state index contributed by atoms with van der Waals surface area (Å²) in [6.45, 7) is 0.00712. The van der Waals surface area contributed by atoms with Crippen LogP contribution in [-0.4, -0.2) is 22.5 Å². The van der Waals surface area contributed by atoms with E-state index in [2.05, 4.69) is 5.32 Å². The summed E-state index contributed by atoms with van der Waals surface area (Å²) >= 11 is 0. The molecule has 0 radical (unpaired) electrons. The van der Waals surface area contributed by atoms with Crippen molar-refractivity contribution in [3.8, 4) is 0 Å². The molecule has 4 rings (SSSR count). The monoisotopic (exact) mass is 390 g/mol. The number of benzene rings is 3. The van der Waals surface area contributed by atoms with Gasteiger partial charge in [0.05, 0.1) is 23.7 Å². The number of non-ortho nitro benzene ring substituents is 1. The van der Waals surface area contributed by atoms with Crippen LogP contribution in [0.2, 0.25) is 0 Å². The fourth-order valence-corrected chi connectivity index (χ4v) is 3.39. The molecule has 1 atom stereocenters. The number of aliphatic hydroxyl groups excluding tert-OH is 1. The first-order chi connectivity index (χ1) is 14.0. The molecule has 0 fully saturated rings. The van der Waals surface area contributed by atoms with E-state index in [1.165, 1.54) is 24.3 Å². The molecule has 1 amide bonds. The Bertz CT molecular complexity index is 1200. The summed E-state index contributed by atoms with van der Waals surface area (Å²) in [4.78, 5) is 22.6. The van der Waals surface area contributed by atoms with E-state index in [-0.39, 0.29) is 24.6 Å². The minimum atomic E-state index is -0.957. The number of rotatable bonds is 6. The average Bonchev–Trinajstić information content (AvgIpc) is 3.15. The molecular weight excluding hydrogens is 372 g/mol. The number of amides is 1. The lowest BCUT2D eigenvalue weighted by molar-refractivity contribution is -0.384. The van der Waals surface area contributed by atoms with Crippen molar-refractivity contribution in [3.05, 3.63) is 88.2 Å². The van der Waals surface area contributed by atoms with Gasteiger partial charge in [-0.25, -0.2) is 0 Å². The molecule has 0 unspecified atom stereocenters. The van der Waals surface area contributed by atoms with Gasteiger partial charge in [0, 0.05) is 29.6 Å². The van der Waals surface area contributed by atoms with E-state index in [0.717, 1.165) is 27.3 Å². The number of hydrogen-bond donors (Lipinski definition) is 2. The van der Waals surface area contributed by atoms with Gasteiger partial charge in [-0.2, -0.15) is 0 Å². The highest BCUT2D eigenvalue weighted by Crippen LogP contribution is 2.30. The molecule has 0 saturated carbocycles. The van der Waals surface area contributed by atoms with Crippen molar-refractivity contribution in [1.82, 2.24) is 5.32 Å². The normalized spacial score (nSPS) is 12.2. The Morgan fingerprint density at radius 2 is 1.86 bits per heavy atom. The van der Waals surface area contributed by atoms with Gasteiger partial charge in [0.1, 0.15) is 5.58 Å². The first-order valence-electron chi connectivity index (χ1n) is 9.10. The summed E-state index contributed by atoms with van der Waals surface area (Å²) in [6, 6.07) is 17.4. The highest BCUT2D eigenvalue weighted by molar-refractivity contribution is 6.08. The van der Waals surface area contributed by atoms with Crippen LogP contribution in [0.5, 0.6) is 0 Å². The topological polar surface area (TPSA) is 106 Å². The van der Waals surface area contributed by atoms with Crippen molar-refractivity contribution in [2.24, 2.45) is 0 Å². The number of nitrogens with one attached hydrogen (secondary N) is 1.